The van der Waals surface area contributed by atoms with Gasteiger partial charge in [-0.05, 0) is 76.8 Å². The zero-order chi connectivity index (χ0) is 43.9. The van der Waals surface area contributed by atoms with Crippen LogP contribution in [-0.4, -0.2) is 105 Å². The molecule has 15 heteroatoms. The van der Waals surface area contributed by atoms with Crippen LogP contribution in [0.1, 0.15) is 155 Å². The topological polar surface area (TPSA) is 207 Å². The van der Waals surface area contributed by atoms with E-state index in [1.54, 1.807) is 45.0 Å². The summed E-state index contributed by atoms with van der Waals surface area (Å²) < 4.78 is 11.7. The van der Waals surface area contributed by atoms with Crippen molar-refractivity contribution in [1.82, 2.24) is 20.8 Å². The highest BCUT2D eigenvalue weighted by atomic mass is 16.5. The Balaban J connectivity index is 1.55. The molecule has 0 radical (unpaired) electrons. The van der Waals surface area contributed by atoms with Gasteiger partial charge >= 0.3 is 5.97 Å². The number of benzene rings is 1. The van der Waals surface area contributed by atoms with Gasteiger partial charge in [-0.25, -0.2) is 19.9 Å². The lowest BCUT2D eigenvalue weighted by molar-refractivity contribution is -0.167. The number of carbonyl (C=O) groups is 5. The number of hydroxylamine groups is 4. The maximum absolute atomic E-state index is 13.8. The number of phenols is 1. The molecule has 0 saturated carbocycles. The fourth-order valence-corrected chi connectivity index (χ4v) is 7.38. The van der Waals surface area contributed by atoms with Crippen molar-refractivity contribution in [3.8, 4) is 5.75 Å². The zero-order valence-corrected chi connectivity index (χ0v) is 36.3. The molecule has 2 heterocycles. The van der Waals surface area contributed by atoms with Crippen molar-refractivity contribution >= 4 is 35.5 Å². The van der Waals surface area contributed by atoms with Gasteiger partial charge in [0.15, 0.2) is 6.04 Å². The third-order valence-corrected chi connectivity index (χ3v) is 11.2. The average molecular weight is 842 g/mol. The Bertz CT molecular complexity index is 1570. The van der Waals surface area contributed by atoms with Crippen LogP contribution >= 0.6 is 0 Å². The number of carbonyl (C=O) groups excluding carboxylic acids is 5. The number of esters is 1. The second kappa shape index (κ2) is 27.4. The number of aliphatic imine (C=N–C) groups is 1. The molecule has 0 aromatic heterocycles. The minimum absolute atomic E-state index is 0.000993. The molecule has 0 bridgehead atoms. The van der Waals surface area contributed by atoms with E-state index in [0.717, 1.165) is 19.3 Å². The zero-order valence-electron chi connectivity index (χ0n) is 36.3. The smallest absolute Gasteiger partial charge is 0.328 e. The van der Waals surface area contributed by atoms with E-state index < -0.39 is 65.8 Å². The number of allylic oxidation sites excluding steroid dienone is 1. The number of hydrogen-bond donors (Lipinski definition) is 5. The van der Waals surface area contributed by atoms with Crippen LogP contribution in [0.25, 0.3) is 0 Å². The SMILES string of the molecule is CCCCCCCCCCCCCC=CC(=O)N(O)CCCCC(NC(=O)C1N=C(c2ccccc2O)OC1C)C(=O)OC(CC)C(C)C(=O)NC1CCCCN(O)C1=O. The lowest BCUT2D eigenvalue weighted by Gasteiger charge is -2.27. The Morgan fingerprint density at radius 1 is 0.983 bits per heavy atom. The number of nitrogens with zero attached hydrogens (tertiary/aromatic N) is 3. The second-order valence-electron chi connectivity index (χ2n) is 16.2. The third kappa shape index (κ3) is 16.9. The summed E-state index contributed by atoms with van der Waals surface area (Å²) in [5.74, 6) is -3.91. The van der Waals surface area contributed by atoms with Crippen LogP contribution < -0.4 is 10.6 Å². The van der Waals surface area contributed by atoms with Crippen molar-refractivity contribution in [2.24, 2.45) is 10.9 Å². The second-order valence-corrected chi connectivity index (χ2v) is 16.2. The maximum atomic E-state index is 13.8. The Kier molecular flexibility index (Phi) is 22.7. The molecule has 2 aliphatic rings. The number of aromatic hydroxyl groups is 1. The number of para-hydroxylation sites is 1. The molecule has 0 spiro atoms. The molecule has 15 nitrogen and oxygen atoms in total. The first-order chi connectivity index (χ1) is 28.9. The van der Waals surface area contributed by atoms with Gasteiger partial charge in [-0.2, -0.15) is 0 Å². The fraction of sp³-hybridized carbons (Fsp3) is 0.689. The molecule has 2 aliphatic heterocycles. The van der Waals surface area contributed by atoms with E-state index in [2.05, 4.69) is 22.5 Å². The van der Waals surface area contributed by atoms with E-state index >= 15 is 0 Å². The van der Waals surface area contributed by atoms with Gasteiger partial charge in [0.25, 0.3) is 11.8 Å². The van der Waals surface area contributed by atoms with Crippen molar-refractivity contribution in [3.63, 3.8) is 0 Å². The largest absolute Gasteiger partial charge is 0.507 e. The predicted octanol–water partition coefficient (Wildman–Crippen LogP) is 6.90. The predicted molar refractivity (Wildman–Crippen MR) is 227 cm³/mol. The first kappa shape index (κ1) is 49.9. The summed E-state index contributed by atoms with van der Waals surface area (Å²) in [6.45, 7) is 7.38. The van der Waals surface area contributed by atoms with Crippen molar-refractivity contribution in [3.05, 3.63) is 42.0 Å². The number of ether oxygens (including phenoxy) is 2. The Morgan fingerprint density at radius 3 is 2.32 bits per heavy atom. The monoisotopic (exact) mass is 842 g/mol. The molecule has 1 aromatic rings. The number of phenolic OH excluding ortho intramolecular Hbond substituents is 1. The normalized spacial score (nSPS) is 19.5. The number of hydrogen-bond acceptors (Lipinski definition) is 11. The maximum Gasteiger partial charge on any atom is 0.328 e. The molecular weight excluding hydrogens is 771 g/mol. The Hall–Kier alpha value is -4.50. The van der Waals surface area contributed by atoms with E-state index in [0.29, 0.717) is 47.8 Å². The standard InChI is InChI=1S/C45H71N5O10/c1-5-7-8-9-10-11-12-13-14-15-16-17-18-29-39(52)49(57)30-23-22-27-36(47-42(54)40-33(4)59-43(48-40)34-25-19-20-28-37(34)51)45(56)60-38(6-2)32(3)41(53)46-35-26-21-24-31-50(58)44(35)55/h18-20,25,28-29,32-33,35-36,38,40,51,57-58H,5-17,21-24,26-27,30-31H2,1-4H3,(H,46,53)(H,47,54). The highest BCUT2D eigenvalue weighted by Crippen LogP contribution is 2.25. The van der Waals surface area contributed by atoms with Gasteiger partial charge in [0.05, 0.1) is 11.5 Å². The number of rotatable bonds is 27. The van der Waals surface area contributed by atoms with E-state index in [1.807, 2.05) is 0 Å². The van der Waals surface area contributed by atoms with Gasteiger partial charge in [0.2, 0.25) is 17.7 Å². The molecule has 1 aromatic carbocycles. The minimum Gasteiger partial charge on any atom is -0.507 e. The summed E-state index contributed by atoms with van der Waals surface area (Å²) in [6, 6.07) is 3.29. The van der Waals surface area contributed by atoms with E-state index in [4.69, 9.17) is 9.47 Å². The van der Waals surface area contributed by atoms with Crippen molar-refractivity contribution in [1.29, 1.82) is 0 Å². The summed E-state index contributed by atoms with van der Waals surface area (Å²) in [6.07, 6.45) is 18.5. The van der Waals surface area contributed by atoms with Crippen LogP contribution in [0.5, 0.6) is 5.75 Å². The van der Waals surface area contributed by atoms with Crippen LogP contribution in [0.15, 0.2) is 41.4 Å². The first-order valence-electron chi connectivity index (χ1n) is 22.4. The molecule has 4 amide bonds. The molecule has 60 heavy (non-hydrogen) atoms. The van der Waals surface area contributed by atoms with Crippen LogP contribution in [0.4, 0.5) is 0 Å². The number of unbranched alkanes of at least 4 members (excludes halogenated alkanes) is 12. The summed E-state index contributed by atoms with van der Waals surface area (Å²) in [7, 11) is 0. The van der Waals surface area contributed by atoms with Crippen LogP contribution in [0, 0.1) is 5.92 Å². The lowest BCUT2D eigenvalue weighted by Crippen LogP contribution is -2.51. The van der Waals surface area contributed by atoms with Gasteiger partial charge < -0.3 is 25.2 Å². The van der Waals surface area contributed by atoms with E-state index in [-0.39, 0.29) is 37.6 Å². The summed E-state index contributed by atoms with van der Waals surface area (Å²) in [5.41, 5.74) is 0.318. The summed E-state index contributed by atoms with van der Waals surface area (Å²) >= 11 is 0. The molecular formula is C45H71N5O10. The third-order valence-electron chi connectivity index (χ3n) is 11.2. The number of amides is 4. The molecule has 6 atom stereocenters. The van der Waals surface area contributed by atoms with Crippen LogP contribution in [0.2, 0.25) is 0 Å². The molecule has 0 aliphatic carbocycles. The fourth-order valence-electron chi connectivity index (χ4n) is 7.38. The van der Waals surface area contributed by atoms with Crippen LogP contribution in [0.3, 0.4) is 0 Å². The highest BCUT2D eigenvalue weighted by molar-refractivity contribution is 6.01. The molecule has 1 fully saturated rings. The molecule has 6 unspecified atom stereocenters. The van der Waals surface area contributed by atoms with Gasteiger partial charge in [0, 0.05) is 19.2 Å². The van der Waals surface area contributed by atoms with Crippen molar-refractivity contribution < 1.29 is 49.0 Å². The number of nitrogens with one attached hydrogen (secondary N) is 2. The lowest BCUT2D eigenvalue weighted by atomic mass is 10.00. The molecule has 1 saturated heterocycles. The highest BCUT2D eigenvalue weighted by Gasteiger charge is 2.38. The molecule has 3 rings (SSSR count). The Morgan fingerprint density at radius 2 is 1.65 bits per heavy atom. The quantitative estimate of drug-likeness (QED) is 0.0204. The van der Waals surface area contributed by atoms with Crippen molar-refractivity contribution in [2.75, 3.05) is 13.1 Å². The van der Waals surface area contributed by atoms with Gasteiger partial charge in [-0.15, -0.1) is 0 Å². The van der Waals surface area contributed by atoms with Gasteiger partial charge in [0.1, 0.15) is 30.0 Å². The van der Waals surface area contributed by atoms with Crippen LogP contribution in [-0.2, 0) is 33.4 Å². The Labute approximate surface area is 356 Å². The summed E-state index contributed by atoms with van der Waals surface area (Å²) in [4.78, 5) is 70.2. The van der Waals surface area contributed by atoms with E-state index in [9.17, 15) is 39.5 Å². The van der Waals surface area contributed by atoms with Crippen molar-refractivity contribution in [2.45, 2.75) is 180 Å². The van der Waals surface area contributed by atoms with Gasteiger partial charge in [-0.1, -0.05) is 103 Å². The van der Waals surface area contributed by atoms with Gasteiger partial charge in [-0.3, -0.25) is 29.6 Å². The average Bonchev–Trinajstić information content (AvgIpc) is 3.56. The molecule has 5 N–H and O–H groups in total. The minimum atomic E-state index is -1.18. The first-order valence-corrected chi connectivity index (χ1v) is 22.4. The summed E-state index contributed by atoms with van der Waals surface area (Å²) in [5, 5.41) is 37.4. The molecule has 336 valence electrons. The van der Waals surface area contributed by atoms with E-state index in [1.165, 1.54) is 69.9 Å².